The van der Waals surface area contributed by atoms with Gasteiger partial charge in [-0.05, 0) is 30.9 Å². The molecule has 6 nitrogen and oxygen atoms in total. The summed E-state index contributed by atoms with van der Waals surface area (Å²) in [5, 5.41) is 2.47. The van der Waals surface area contributed by atoms with Crippen LogP contribution in [0, 0.1) is 23.5 Å². The van der Waals surface area contributed by atoms with Gasteiger partial charge in [-0.25, -0.2) is 13.6 Å². The summed E-state index contributed by atoms with van der Waals surface area (Å²) in [6.07, 6.45) is 1.76. The fraction of sp³-hybridized carbons (Fsp3) is 0.556. The Bertz CT molecular complexity index is 740. The molecule has 0 unspecified atom stereocenters. The Hall–Kier alpha value is -2.22. The number of carbonyl (C=O) groups is 2. The molecule has 2 heterocycles. The molecule has 4 rings (SSSR count). The standard InChI is InChI=1S/C18H21F2N3O3/c1-22-15-8-23(18(25)21-14-5-4-11(19)6-13(14)20)7-12(15)16(17(22)24)26-9-10-2-3-10/h4-6,10,12,15-16H,2-3,7-9H2,1H3,(H,21,25)/t12-,15+,16-/m0/s1. The monoisotopic (exact) mass is 365 g/mol. The van der Waals surface area contributed by atoms with Gasteiger partial charge in [0.05, 0.1) is 18.3 Å². The van der Waals surface area contributed by atoms with Crippen molar-refractivity contribution in [3.63, 3.8) is 0 Å². The Morgan fingerprint density at radius 2 is 2.08 bits per heavy atom. The zero-order valence-corrected chi connectivity index (χ0v) is 14.5. The molecule has 1 saturated carbocycles. The molecular weight excluding hydrogens is 344 g/mol. The SMILES string of the molecule is CN1C(=O)[C@@H](OCC2CC2)[C@H]2CN(C(=O)Nc3ccc(F)cc3F)C[C@H]21. The molecule has 1 aliphatic carbocycles. The first kappa shape index (κ1) is 17.2. The number of fused-ring (bicyclic) bond motifs is 1. The molecule has 3 fully saturated rings. The number of ether oxygens (including phenoxy) is 1. The third-order valence-electron chi connectivity index (χ3n) is 5.48. The van der Waals surface area contributed by atoms with Crippen LogP contribution in [0.15, 0.2) is 18.2 Å². The molecule has 1 aromatic rings. The minimum absolute atomic E-state index is 0.0368. The van der Waals surface area contributed by atoms with Gasteiger partial charge in [0.1, 0.15) is 17.7 Å². The van der Waals surface area contributed by atoms with Crippen LogP contribution >= 0.6 is 0 Å². The number of hydrogen-bond donors (Lipinski definition) is 1. The van der Waals surface area contributed by atoms with Crippen LogP contribution < -0.4 is 5.32 Å². The van der Waals surface area contributed by atoms with Gasteiger partial charge in [0.25, 0.3) is 5.91 Å². The van der Waals surface area contributed by atoms with E-state index in [4.69, 9.17) is 4.74 Å². The van der Waals surface area contributed by atoms with Crippen molar-refractivity contribution >= 4 is 17.6 Å². The van der Waals surface area contributed by atoms with Gasteiger partial charge in [-0.1, -0.05) is 0 Å². The van der Waals surface area contributed by atoms with Crippen molar-refractivity contribution < 1.29 is 23.1 Å². The number of anilines is 1. The third-order valence-corrected chi connectivity index (χ3v) is 5.48. The summed E-state index contributed by atoms with van der Waals surface area (Å²) in [7, 11) is 1.72. The van der Waals surface area contributed by atoms with E-state index in [2.05, 4.69) is 5.32 Å². The van der Waals surface area contributed by atoms with Crippen molar-refractivity contribution in [3.8, 4) is 0 Å². The number of carbonyl (C=O) groups excluding carboxylic acids is 2. The molecule has 3 amide bonds. The molecule has 2 saturated heterocycles. The first-order valence-corrected chi connectivity index (χ1v) is 8.83. The van der Waals surface area contributed by atoms with E-state index in [9.17, 15) is 18.4 Å². The molecule has 8 heteroatoms. The second-order valence-electron chi connectivity index (χ2n) is 7.34. The van der Waals surface area contributed by atoms with Crippen LogP contribution in [0.25, 0.3) is 0 Å². The fourth-order valence-corrected chi connectivity index (χ4v) is 3.74. The maximum atomic E-state index is 13.7. The number of nitrogens with one attached hydrogen (secondary N) is 1. The second-order valence-corrected chi connectivity index (χ2v) is 7.34. The highest BCUT2D eigenvalue weighted by Gasteiger charge is 2.53. The van der Waals surface area contributed by atoms with Gasteiger partial charge >= 0.3 is 6.03 Å². The maximum absolute atomic E-state index is 13.7. The highest BCUT2D eigenvalue weighted by Crippen LogP contribution is 2.36. The molecule has 0 spiro atoms. The van der Waals surface area contributed by atoms with E-state index in [1.807, 2.05) is 0 Å². The number of nitrogens with zero attached hydrogens (tertiary/aromatic N) is 2. The lowest BCUT2D eigenvalue weighted by molar-refractivity contribution is -0.138. The average molecular weight is 365 g/mol. The van der Waals surface area contributed by atoms with Crippen LogP contribution in [0.2, 0.25) is 0 Å². The molecule has 0 radical (unpaired) electrons. The molecule has 140 valence electrons. The molecular formula is C18H21F2N3O3. The lowest BCUT2D eigenvalue weighted by atomic mass is 10.0. The van der Waals surface area contributed by atoms with Crippen LogP contribution in [0.5, 0.6) is 0 Å². The largest absolute Gasteiger partial charge is 0.368 e. The Morgan fingerprint density at radius 1 is 1.31 bits per heavy atom. The minimum Gasteiger partial charge on any atom is -0.368 e. The zero-order chi connectivity index (χ0) is 18.4. The summed E-state index contributed by atoms with van der Waals surface area (Å²) in [5.74, 6) is -1.10. The molecule has 0 bridgehead atoms. The second kappa shape index (κ2) is 6.50. The summed E-state index contributed by atoms with van der Waals surface area (Å²) in [6.45, 7) is 1.32. The summed E-state index contributed by atoms with van der Waals surface area (Å²) in [5.41, 5.74) is -0.0700. The van der Waals surface area contributed by atoms with Crippen LogP contribution in [0.4, 0.5) is 19.3 Å². The fourth-order valence-electron chi connectivity index (χ4n) is 3.74. The minimum atomic E-state index is -0.823. The highest BCUT2D eigenvalue weighted by atomic mass is 19.1. The lowest BCUT2D eigenvalue weighted by Gasteiger charge is -2.22. The van der Waals surface area contributed by atoms with Gasteiger partial charge in [0.2, 0.25) is 0 Å². The van der Waals surface area contributed by atoms with Crippen molar-refractivity contribution in [2.45, 2.75) is 25.0 Å². The number of hydrogen-bond acceptors (Lipinski definition) is 3. The molecule has 0 aromatic heterocycles. The molecule has 26 heavy (non-hydrogen) atoms. The van der Waals surface area contributed by atoms with Crippen molar-refractivity contribution in [2.24, 2.45) is 11.8 Å². The third kappa shape index (κ3) is 3.13. The van der Waals surface area contributed by atoms with Crippen LogP contribution in [0.1, 0.15) is 12.8 Å². The van der Waals surface area contributed by atoms with Crippen molar-refractivity contribution in [1.82, 2.24) is 9.80 Å². The number of halogens is 2. The number of urea groups is 1. The lowest BCUT2D eigenvalue weighted by Crippen LogP contribution is -2.40. The summed E-state index contributed by atoms with van der Waals surface area (Å²) >= 11 is 0. The number of likely N-dealkylation sites (tertiary alicyclic amines) is 2. The van der Waals surface area contributed by atoms with E-state index < -0.39 is 23.8 Å². The Morgan fingerprint density at radius 3 is 2.77 bits per heavy atom. The van der Waals surface area contributed by atoms with Gasteiger partial charge < -0.3 is 19.9 Å². The molecule has 3 aliphatic rings. The number of rotatable bonds is 4. The predicted octanol–water partition coefficient (Wildman–Crippen LogP) is 2.06. The zero-order valence-electron chi connectivity index (χ0n) is 14.5. The van der Waals surface area contributed by atoms with E-state index in [0.29, 0.717) is 25.6 Å². The van der Waals surface area contributed by atoms with Gasteiger partial charge in [-0.3, -0.25) is 4.79 Å². The molecule has 2 aliphatic heterocycles. The highest BCUT2D eigenvalue weighted by molar-refractivity contribution is 5.90. The van der Waals surface area contributed by atoms with Crippen molar-refractivity contribution in [1.29, 1.82) is 0 Å². The van der Waals surface area contributed by atoms with Crippen LogP contribution in [-0.4, -0.2) is 60.6 Å². The van der Waals surface area contributed by atoms with Crippen LogP contribution in [-0.2, 0) is 9.53 Å². The van der Waals surface area contributed by atoms with Crippen molar-refractivity contribution in [2.75, 3.05) is 32.1 Å². The molecule has 3 atom stereocenters. The number of amides is 3. The van der Waals surface area contributed by atoms with E-state index >= 15 is 0 Å². The number of likely N-dealkylation sites (N-methyl/N-ethyl adjacent to an activating group) is 1. The van der Waals surface area contributed by atoms with Crippen LogP contribution in [0.3, 0.4) is 0 Å². The molecule has 1 aromatic carbocycles. The Labute approximate surface area is 150 Å². The topological polar surface area (TPSA) is 61.9 Å². The smallest absolute Gasteiger partial charge is 0.322 e. The van der Waals surface area contributed by atoms with Gasteiger partial charge in [-0.15, -0.1) is 0 Å². The van der Waals surface area contributed by atoms with E-state index in [-0.39, 0.29) is 23.6 Å². The summed E-state index contributed by atoms with van der Waals surface area (Å²) in [4.78, 5) is 28.1. The first-order valence-electron chi connectivity index (χ1n) is 8.83. The first-order chi connectivity index (χ1) is 12.4. The van der Waals surface area contributed by atoms with Crippen molar-refractivity contribution in [3.05, 3.63) is 29.8 Å². The normalized spacial score (nSPS) is 27.8. The molecule has 1 N–H and O–H groups in total. The Balaban J connectivity index is 1.41. The van der Waals surface area contributed by atoms with E-state index in [0.717, 1.165) is 25.0 Å². The summed E-state index contributed by atoms with van der Waals surface area (Å²) < 4.78 is 32.6. The van der Waals surface area contributed by atoms with Gasteiger partial charge in [-0.2, -0.15) is 0 Å². The van der Waals surface area contributed by atoms with Gasteiger partial charge in [0, 0.05) is 32.1 Å². The van der Waals surface area contributed by atoms with E-state index in [1.165, 1.54) is 6.07 Å². The average Bonchev–Trinajstić information content (AvgIpc) is 3.28. The Kier molecular flexibility index (Phi) is 4.30. The van der Waals surface area contributed by atoms with E-state index in [1.54, 1.807) is 16.8 Å². The summed E-state index contributed by atoms with van der Waals surface area (Å²) in [6, 6.07) is 2.44. The van der Waals surface area contributed by atoms with Gasteiger partial charge in [0.15, 0.2) is 0 Å². The maximum Gasteiger partial charge on any atom is 0.322 e. The quantitative estimate of drug-likeness (QED) is 0.889. The predicted molar refractivity (Wildman–Crippen MR) is 89.5 cm³/mol. The number of benzene rings is 1.